The van der Waals surface area contributed by atoms with E-state index in [-0.39, 0.29) is 5.41 Å². The Bertz CT molecular complexity index is 1920. The van der Waals surface area contributed by atoms with Crippen molar-refractivity contribution in [1.29, 1.82) is 0 Å². The Morgan fingerprint density at radius 3 is 1.93 bits per heavy atom. The lowest BCUT2D eigenvalue weighted by Gasteiger charge is -2.40. The van der Waals surface area contributed by atoms with E-state index in [0.29, 0.717) is 19.1 Å². The first kappa shape index (κ1) is 26.0. The Labute approximate surface area is 252 Å². The fourth-order valence-corrected chi connectivity index (χ4v) is 7.66. The van der Waals surface area contributed by atoms with Crippen molar-refractivity contribution in [1.82, 2.24) is 9.97 Å². The Morgan fingerprint density at radius 1 is 0.628 bits per heavy atom. The van der Waals surface area contributed by atoms with E-state index >= 15 is 0 Å². The van der Waals surface area contributed by atoms with Crippen LogP contribution in [0.3, 0.4) is 0 Å². The highest BCUT2D eigenvalue weighted by Crippen LogP contribution is 2.61. The van der Waals surface area contributed by atoms with Crippen molar-refractivity contribution < 1.29 is 9.47 Å². The van der Waals surface area contributed by atoms with Crippen LogP contribution in [-0.4, -0.2) is 9.97 Å². The zero-order valence-corrected chi connectivity index (χ0v) is 24.2. The van der Waals surface area contributed by atoms with Gasteiger partial charge in [-0.3, -0.25) is 0 Å². The Balaban J connectivity index is 1.15. The molecule has 4 aromatic carbocycles. The molecular weight excluding hydrogens is 528 g/mol. The van der Waals surface area contributed by atoms with Crippen LogP contribution in [0.2, 0.25) is 0 Å². The second-order valence-electron chi connectivity index (χ2n) is 12.1. The van der Waals surface area contributed by atoms with Crippen LogP contribution in [0.15, 0.2) is 121 Å². The summed E-state index contributed by atoms with van der Waals surface area (Å²) in [6, 6.07) is 42.3. The zero-order chi connectivity index (χ0) is 28.6. The number of hydrogen-bond donors (Lipinski definition) is 0. The lowest BCUT2D eigenvalue weighted by Crippen LogP contribution is -2.34. The molecule has 4 nitrogen and oxygen atoms in total. The van der Waals surface area contributed by atoms with E-state index in [4.69, 9.17) is 19.4 Å². The summed E-state index contributed by atoms with van der Waals surface area (Å²) in [6.45, 7) is 0.827. The molecule has 2 heterocycles. The number of ether oxygens (including phenoxy) is 2. The third-order valence-electron chi connectivity index (χ3n) is 9.64. The number of nitrogens with zero attached hydrogens (tertiary/aromatic N) is 2. The number of para-hydroxylation sites is 2. The lowest BCUT2D eigenvalue weighted by atomic mass is 9.64. The molecule has 2 aliphatic rings. The average molecular weight is 563 g/mol. The fourth-order valence-electron chi connectivity index (χ4n) is 7.66. The highest BCUT2D eigenvalue weighted by atomic mass is 16.5. The summed E-state index contributed by atoms with van der Waals surface area (Å²) >= 11 is 0. The lowest BCUT2D eigenvalue weighted by molar-refractivity contribution is 0.266. The fraction of sp³-hybridized carbons (Fsp3) is 0.231. The minimum atomic E-state index is -0.100. The normalized spacial score (nSPS) is 20.9. The third-order valence-corrected chi connectivity index (χ3v) is 9.64. The number of hydrogen-bond acceptors (Lipinski definition) is 4. The monoisotopic (exact) mass is 562 g/mol. The maximum absolute atomic E-state index is 6.67. The molecule has 3 unspecified atom stereocenters. The maximum Gasteiger partial charge on any atom is 0.130 e. The molecule has 0 saturated heterocycles. The molecule has 0 spiro atoms. The number of aromatic nitrogens is 2. The molecule has 0 N–H and O–H groups in total. The summed E-state index contributed by atoms with van der Waals surface area (Å²) in [6.07, 6.45) is 4.98. The van der Waals surface area contributed by atoms with E-state index in [2.05, 4.69) is 84.9 Å². The van der Waals surface area contributed by atoms with Crippen molar-refractivity contribution >= 4 is 21.8 Å². The molecular formula is C39H34N2O2. The summed E-state index contributed by atoms with van der Waals surface area (Å²) in [5.41, 5.74) is 6.33. The summed E-state index contributed by atoms with van der Waals surface area (Å²) in [4.78, 5) is 9.70. The zero-order valence-electron chi connectivity index (χ0n) is 24.2. The number of rotatable bonds is 8. The summed E-state index contributed by atoms with van der Waals surface area (Å²) in [5, 5.41) is 2.27. The highest BCUT2D eigenvalue weighted by Gasteiger charge is 2.54. The van der Waals surface area contributed by atoms with Crippen molar-refractivity contribution in [2.45, 2.75) is 44.3 Å². The molecule has 0 aliphatic heterocycles. The van der Waals surface area contributed by atoms with Crippen LogP contribution in [0.25, 0.3) is 21.8 Å². The van der Waals surface area contributed by atoms with Gasteiger partial charge in [0.2, 0.25) is 0 Å². The molecule has 8 rings (SSSR count). The van der Waals surface area contributed by atoms with Crippen LogP contribution in [0.5, 0.6) is 11.5 Å². The molecule has 6 aromatic rings. The predicted molar refractivity (Wildman–Crippen MR) is 171 cm³/mol. The minimum Gasteiger partial charge on any atom is -0.487 e. The molecule has 0 radical (unpaired) electrons. The van der Waals surface area contributed by atoms with Crippen LogP contribution in [0.4, 0.5) is 0 Å². The summed E-state index contributed by atoms with van der Waals surface area (Å²) in [5.74, 6) is 3.09. The Hall–Kier alpha value is -4.70. The van der Waals surface area contributed by atoms with Gasteiger partial charge in [-0.1, -0.05) is 85.3 Å². The van der Waals surface area contributed by atoms with E-state index in [1.165, 1.54) is 30.4 Å². The molecule has 4 heteroatoms. The smallest absolute Gasteiger partial charge is 0.130 e. The van der Waals surface area contributed by atoms with E-state index < -0.39 is 0 Å². The molecule has 0 amide bonds. The molecule has 2 bridgehead atoms. The quantitative estimate of drug-likeness (QED) is 0.186. The topological polar surface area (TPSA) is 44.2 Å². The van der Waals surface area contributed by atoms with E-state index in [1.54, 1.807) is 0 Å². The molecule has 3 atom stereocenters. The first-order chi connectivity index (χ1) is 21.2. The molecule has 212 valence electrons. The Kier molecular flexibility index (Phi) is 6.55. The number of benzene rings is 4. The molecule has 43 heavy (non-hydrogen) atoms. The number of pyridine rings is 2. The van der Waals surface area contributed by atoms with Crippen LogP contribution >= 0.6 is 0 Å². The second kappa shape index (κ2) is 10.9. The summed E-state index contributed by atoms with van der Waals surface area (Å²) in [7, 11) is 0. The van der Waals surface area contributed by atoms with Gasteiger partial charge in [-0.15, -0.1) is 0 Å². The predicted octanol–water partition coefficient (Wildman–Crippen LogP) is 9.05. The van der Waals surface area contributed by atoms with Crippen molar-refractivity contribution in [2.75, 3.05) is 0 Å². The van der Waals surface area contributed by atoms with Gasteiger partial charge in [0.15, 0.2) is 0 Å². The third kappa shape index (κ3) is 4.81. The van der Waals surface area contributed by atoms with Crippen molar-refractivity contribution in [3.63, 3.8) is 0 Å². The van der Waals surface area contributed by atoms with Gasteiger partial charge in [-0.05, 0) is 79.1 Å². The van der Waals surface area contributed by atoms with Gasteiger partial charge in [-0.2, -0.15) is 0 Å². The van der Waals surface area contributed by atoms with E-state index in [1.807, 2.05) is 36.4 Å². The average Bonchev–Trinajstić information content (AvgIpc) is 3.70. The van der Waals surface area contributed by atoms with E-state index in [9.17, 15) is 0 Å². The molecule has 2 aromatic heterocycles. The first-order valence-electron chi connectivity index (χ1n) is 15.4. The largest absolute Gasteiger partial charge is 0.487 e. The van der Waals surface area contributed by atoms with Gasteiger partial charge in [0.25, 0.3) is 0 Å². The first-order valence-corrected chi connectivity index (χ1v) is 15.4. The van der Waals surface area contributed by atoms with Crippen molar-refractivity contribution in [3.8, 4) is 11.5 Å². The van der Waals surface area contributed by atoms with Crippen LogP contribution < -0.4 is 9.47 Å². The van der Waals surface area contributed by atoms with Gasteiger partial charge < -0.3 is 9.47 Å². The van der Waals surface area contributed by atoms with Gasteiger partial charge in [-0.25, -0.2) is 9.97 Å². The summed E-state index contributed by atoms with van der Waals surface area (Å²) < 4.78 is 13.1. The molecule has 2 aliphatic carbocycles. The van der Waals surface area contributed by atoms with Gasteiger partial charge in [0.05, 0.1) is 22.4 Å². The van der Waals surface area contributed by atoms with E-state index in [0.717, 1.165) is 57.0 Å². The van der Waals surface area contributed by atoms with Gasteiger partial charge in [0, 0.05) is 21.8 Å². The highest BCUT2D eigenvalue weighted by molar-refractivity contribution is 5.79. The van der Waals surface area contributed by atoms with Crippen molar-refractivity contribution in [3.05, 3.63) is 144 Å². The molecule has 2 saturated carbocycles. The van der Waals surface area contributed by atoms with Gasteiger partial charge >= 0.3 is 0 Å². The minimum absolute atomic E-state index is 0.100. The maximum atomic E-state index is 6.67. The number of fused-ring (bicyclic) bond motifs is 4. The van der Waals surface area contributed by atoms with Crippen molar-refractivity contribution in [2.24, 2.45) is 11.8 Å². The Morgan fingerprint density at radius 2 is 1.28 bits per heavy atom. The SMILES string of the molecule is c1ccc(C2(c3cc(OCc4ccc5ccccc5n4)ccc3OCc3ccc4ccccc4n3)CC3CCC2C3)cc1. The van der Waals surface area contributed by atoms with Crippen LogP contribution in [-0.2, 0) is 18.6 Å². The van der Waals surface area contributed by atoms with Gasteiger partial charge in [0.1, 0.15) is 24.7 Å². The van der Waals surface area contributed by atoms with Crippen LogP contribution in [0, 0.1) is 11.8 Å². The molecule has 2 fully saturated rings. The standard InChI is InChI=1S/C39H34N2O2/c1-2-10-30(11-3-1)39(24-27-14-17-31(39)22-27)35-23-34(42-25-32-18-15-28-8-4-6-12-36(28)40-32)20-21-38(35)43-26-33-19-16-29-9-5-7-13-37(29)41-33/h1-13,15-16,18-21,23,27,31H,14,17,22,24-26H2. The van der Waals surface area contributed by atoms with Crippen LogP contribution in [0.1, 0.15) is 48.2 Å². The second-order valence-corrected chi connectivity index (χ2v) is 12.1.